The van der Waals surface area contributed by atoms with Gasteiger partial charge in [0, 0.05) is 11.8 Å². The van der Waals surface area contributed by atoms with Crippen molar-refractivity contribution in [3.05, 3.63) is 0 Å². The Kier molecular flexibility index (Phi) is 3.93. The molecule has 2 atom stereocenters. The van der Waals surface area contributed by atoms with Crippen LogP contribution in [0.25, 0.3) is 0 Å². The Hall–Kier alpha value is -0.660. The number of carbonyl (C=O) groups excluding carboxylic acids is 2. The van der Waals surface area contributed by atoms with E-state index in [2.05, 4.69) is 0 Å². The van der Waals surface area contributed by atoms with Crippen LogP contribution in [-0.2, 0) is 9.59 Å². The number of carbonyl (C=O) groups is 2. The molecule has 0 aliphatic heterocycles. The maximum Gasteiger partial charge on any atom is 0.123 e. The van der Waals surface area contributed by atoms with E-state index in [0.717, 1.165) is 19.0 Å². The Balaban J connectivity index is 3.77. The van der Waals surface area contributed by atoms with Gasteiger partial charge in [-0.15, -0.1) is 0 Å². The maximum atomic E-state index is 10.2. The SMILES string of the molecule is CCC(C=O)C(C)C=O. The molecule has 0 N–H and O–H groups in total. The molecule has 0 aromatic heterocycles. The Bertz CT molecular complexity index is 99.1. The average Bonchev–Trinajstić information content (AvgIpc) is 1.90. The van der Waals surface area contributed by atoms with Gasteiger partial charge in [0.15, 0.2) is 0 Å². The van der Waals surface area contributed by atoms with Gasteiger partial charge in [0.2, 0.25) is 0 Å². The maximum absolute atomic E-state index is 10.2. The van der Waals surface area contributed by atoms with Crippen LogP contribution in [0, 0.1) is 11.8 Å². The summed E-state index contributed by atoms with van der Waals surface area (Å²) in [5, 5.41) is 0. The van der Waals surface area contributed by atoms with Crippen LogP contribution in [0.1, 0.15) is 20.3 Å². The summed E-state index contributed by atoms with van der Waals surface area (Å²) in [7, 11) is 0. The minimum Gasteiger partial charge on any atom is -0.303 e. The van der Waals surface area contributed by atoms with Crippen LogP contribution in [0.2, 0.25) is 0 Å². The van der Waals surface area contributed by atoms with Crippen molar-refractivity contribution >= 4 is 12.6 Å². The molecular weight excluding hydrogens is 116 g/mol. The molecule has 0 aromatic carbocycles. The molecule has 0 saturated carbocycles. The van der Waals surface area contributed by atoms with E-state index in [9.17, 15) is 9.59 Å². The van der Waals surface area contributed by atoms with Gasteiger partial charge in [0.25, 0.3) is 0 Å². The van der Waals surface area contributed by atoms with Gasteiger partial charge in [-0.3, -0.25) is 0 Å². The van der Waals surface area contributed by atoms with Crippen LogP contribution in [-0.4, -0.2) is 12.6 Å². The third-order valence-electron chi connectivity index (χ3n) is 1.54. The Morgan fingerprint density at radius 2 is 1.89 bits per heavy atom. The highest BCUT2D eigenvalue weighted by molar-refractivity contribution is 5.64. The summed E-state index contributed by atoms with van der Waals surface area (Å²) in [4.78, 5) is 20.3. The third kappa shape index (κ3) is 2.40. The fourth-order valence-corrected chi connectivity index (χ4v) is 0.693. The Morgan fingerprint density at radius 1 is 1.33 bits per heavy atom. The van der Waals surface area contributed by atoms with E-state index < -0.39 is 0 Å². The van der Waals surface area contributed by atoms with E-state index >= 15 is 0 Å². The summed E-state index contributed by atoms with van der Waals surface area (Å²) in [6.45, 7) is 3.66. The van der Waals surface area contributed by atoms with Gasteiger partial charge in [-0.1, -0.05) is 13.8 Å². The van der Waals surface area contributed by atoms with Crippen molar-refractivity contribution in [3.8, 4) is 0 Å². The van der Waals surface area contributed by atoms with E-state index in [4.69, 9.17) is 0 Å². The van der Waals surface area contributed by atoms with Crippen molar-refractivity contribution in [1.82, 2.24) is 0 Å². The molecule has 2 unspecified atom stereocenters. The first-order chi connectivity index (χ1) is 4.26. The topological polar surface area (TPSA) is 34.1 Å². The number of hydrogen-bond acceptors (Lipinski definition) is 2. The summed E-state index contributed by atoms with van der Waals surface area (Å²) in [6, 6.07) is 0. The van der Waals surface area contributed by atoms with Crippen molar-refractivity contribution in [3.63, 3.8) is 0 Å². The summed E-state index contributed by atoms with van der Waals surface area (Å²) < 4.78 is 0. The van der Waals surface area contributed by atoms with E-state index in [1.54, 1.807) is 6.92 Å². The molecule has 0 aromatic rings. The van der Waals surface area contributed by atoms with Crippen LogP contribution in [0.4, 0.5) is 0 Å². The quantitative estimate of drug-likeness (QED) is 0.530. The molecule has 0 fully saturated rings. The van der Waals surface area contributed by atoms with Gasteiger partial charge in [0.1, 0.15) is 12.6 Å². The zero-order valence-electron chi connectivity index (χ0n) is 5.83. The number of rotatable bonds is 4. The van der Waals surface area contributed by atoms with Crippen molar-refractivity contribution < 1.29 is 9.59 Å². The van der Waals surface area contributed by atoms with Gasteiger partial charge in [-0.05, 0) is 6.42 Å². The summed E-state index contributed by atoms with van der Waals surface area (Å²) in [6.07, 6.45) is 2.42. The van der Waals surface area contributed by atoms with Gasteiger partial charge in [-0.25, -0.2) is 0 Å². The highest BCUT2D eigenvalue weighted by Crippen LogP contribution is 2.09. The zero-order chi connectivity index (χ0) is 7.28. The first-order valence-corrected chi connectivity index (χ1v) is 3.16. The summed E-state index contributed by atoms with van der Waals surface area (Å²) in [5.41, 5.74) is 0. The van der Waals surface area contributed by atoms with E-state index in [0.29, 0.717) is 0 Å². The molecule has 9 heavy (non-hydrogen) atoms. The third-order valence-corrected chi connectivity index (χ3v) is 1.54. The van der Waals surface area contributed by atoms with E-state index in [1.165, 1.54) is 0 Å². The van der Waals surface area contributed by atoms with Crippen molar-refractivity contribution in [2.24, 2.45) is 11.8 Å². The lowest BCUT2D eigenvalue weighted by molar-refractivity contribution is -0.118. The predicted molar refractivity (Wildman–Crippen MR) is 35.1 cm³/mol. The second-order valence-corrected chi connectivity index (χ2v) is 2.20. The minimum atomic E-state index is -0.118. The summed E-state index contributed by atoms with van der Waals surface area (Å²) >= 11 is 0. The molecule has 0 amide bonds. The number of hydrogen-bond donors (Lipinski definition) is 0. The zero-order valence-corrected chi connectivity index (χ0v) is 5.83. The molecule has 0 aliphatic rings. The Labute approximate surface area is 55.3 Å². The van der Waals surface area contributed by atoms with Crippen LogP contribution in [0.5, 0.6) is 0 Å². The molecule has 0 radical (unpaired) electrons. The molecular formula is C7H12O2. The predicted octanol–water partition coefficient (Wildman–Crippen LogP) is 1.05. The lowest BCUT2D eigenvalue weighted by atomic mass is 9.95. The largest absolute Gasteiger partial charge is 0.303 e. The molecule has 2 heteroatoms. The molecule has 0 aliphatic carbocycles. The highest BCUT2D eigenvalue weighted by Gasteiger charge is 2.11. The summed E-state index contributed by atoms with van der Waals surface area (Å²) in [5.74, 6) is -0.199. The number of aldehydes is 2. The fraction of sp³-hybridized carbons (Fsp3) is 0.714. The standard InChI is InChI=1S/C7H12O2/c1-3-7(5-9)6(2)4-8/h4-7H,3H2,1-2H3. The molecule has 2 nitrogen and oxygen atoms in total. The first-order valence-electron chi connectivity index (χ1n) is 3.16. The van der Waals surface area contributed by atoms with Crippen molar-refractivity contribution in [2.45, 2.75) is 20.3 Å². The molecule has 0 rings (SSSR count). The smallest absolute Gasteiger partial charge is 0.123 e. The lowest BCUT2D eigenvalue weighted by Gasteiger charge is -2.07. The van der Waals surface area contributed by atoms with E-state index in [-0.39, 0.29) is 11.8 Å². The van der Waals surface area contributed by atoms with Crippen LogP contribution < -0.4 is 0 Å². The minimum absolute atomic E-state index is 0.0810. The second-order valence-electron chi connectivity index (χ2n) is 2.20. The molecule has 52 valence electrons. The fourth-order valence-electron chi connectivity index (χ4n) is 0.693. The molecule has 0 bridgehead atoms. The van der Waals surface area contributed by atoms with Crippen LogP contribution in [0.3, 0.4) is 0 Å². The lowest BCUT2D eigenvalue weighted by Crippen LogP contribution is -2.12. The average molecular weight is 128 g/mol. The van der Waals surface area contributed by atoms with Crippen molar-refractivity contribution in [1.29, 1.82) is 0 Å². The molecule has 0 saturated heterocycles. The van der Waals surface area contributed by atoms with Gasteiger partial charge < -0.3 is 9.59 Å². The normalized spacial score (nSPS) is 16.2. The van der Waals surface area contributed by atoms with Gasteiger partial charge in [-0.2, -0.15) is 0 Å². The molecule has 0 spiro atoms. The molecule has 0 heterocycles. The van der Waals surface area contributed by atoms with E-state index in [1.807, 2.05) is 6.92 Å². The Morgan fingerprint density at radius 3 is 2.00 bits per heavy atom. The van der Waals surface area contributed by atoms with Gasteiger partial charge in [0.05, 0.1) is 0 Å². The first kappa shape index (κ1) is 8.34. The van der Waals surface area contributed by atoms with Crippen LogP contribution in [0.15, 0.2) is 0 Å². The second kappa shape index (κ2) is 4.24. The van der Waals surface area contributed by atoms with Crippen LogP contribution >= 0.6 is 0 Å². The highest BCUT2D eigenvalue weighted by atomic mass is 16.1. The van der Waals surface area contributed by atoms with Gasteiger partial charge >= 0.3 is 0 Å². The van der Waals surface area contributed by atoms with Crippen molar-refractivity contribution in [2.75, 3.05) is 0 Å². The monoisotopic (exact) mass is 128 g/mol.